The van der Waals surface area contributed by atoms with E-state index in [1.54, 1.807) is 18.2 Å². The summed E-state index contributed by atoms with van der Waals surface area (Å²) in [5.41, 5.74) is 0.360. The van der Waals surface area contributed by atoms with E-state index < -0.39 is 11.8 Å². The molecule has 1 N–H and O–H groups in total. The lowest BCUT2D eigenvalue weighted by atomic mass is 10.2. The van der Waals surface area contributed by atoms with Gasteiger partial charge in [-0.1, -0.05) is 18.2 Å². The van der Waals surface area contributed by atoms with Crippen LogP contribution >= 0.6 is 0 Å². The van der Waals surface area contributed by atoms with Crippen molar-refractivity contribution >= 4 is 5.97 Å². The number of carboxylic acid groups (broad SMARTS) is 1. The van der Waals surface area contributed by atoms with Gasteiger partial charge in [-0.15, -0.1) is 0 Å². The van der Waals surface area contributed by atoms with E-state index >= 15 is 0 Å². The van der Waals surface area contributed by atoms with Crippen molar-refractivity contribution in [3.63, 3.8) is 0 Å². The molecule has 2 aromatic rings. The predicted molar refractivity (Wildman–Crippen MR) is 61.9 cm³/mol. The second kappa shape index (κ2) is 5.27. The number of benzene rings is 1. The lowest BCUT2D eigenvalue weighted by molar-refractivity contribution is 0.0691. The van der Waals surface area contributed by atoms with Crippen LogP contribution in [0.5, 0.6) is 5.75 Å². The lowest BCUT2D eigenvalue weighted by Gasteiger charge is -2.08. The second-order valence-corrected chi connectivity index (χ2v) is 3.56. The van der Waals surface area contributed by atoms with Crippen LogP contribution in [0.3, 0.4) is 0 Å². The molecule has 0 fully saturated rings. The number of rotatable bonds is 4. The van der Waals surface area contributed by atoms with Crippen molar-refractivity contribution < 1.29 is 19.0 Å². The molecule has 2 rings (SSSR count). The van der Waals surface area contributed by atoms with Gasteiger partial charge >= 0.3 is 5.97 Å². The normalized spacial score (nSPS) is 10.1. The summed E-state index contributed by atoms with van der Waals surface area (Å²) in [6.07, 6.45) is 2.66. The third-order valence-corrected chi connectivity index (χ3v) is 2.36. The Bertz CT molecular complexity index is 572. The zero-order chi connectivity index (χ0) is 13.0. The fourth-order valence-electron chi connectivity index (χ4n) is 1.44. The fraction of sp³-hybridized carbons (Fsp3) is 0.0769. The molecule has 0 saturated heterocycles. The molecule has 0 spiro atoms. The Morgan fingerprint density at radius 3 is 2.83 bits per heavy atom. The average Bonchev–Trinajstić information content (AvgIpc) is 2.38. The molecule has 18 heavy (non-hydrogen) atoms. The monoisotopic (exact) mass is 247 g/mol. The van der Waals surface area contributed by atoms with Gasteiger partial charge in [0.05, 0.1) is 6.20 Å². The van der Waals surface area contributed by atoms with Crippen LogP contribution in [0.25, 0.3) is 0 Å². The molecule has 0 aliphatic carbocycles. The first-order valence-corrected chi connectivity index (χ1v) is 5.22. The number of carboxylic acids is 1. The number of hydrogen-bond acceptors (Lipinski definition) is 3. The minimum Gasteiger partial charge on any atom is -0.486 e. The number of hydrogen-bond donors (Lipinski definition) is 1. The molecular formula is C13H10FNO3. The van der Waals surface area contributed by atoms with E-state index in [0.717, 1.165) is 0 Å². The number of halogens is 1. The lowest BCUT2D eigenvalue weighted by Crippen LogP contribution is -2.04. The Kier molecular flexibility index (Phi) is 3.52. The van der Waals surface area contributed by atoms with Gasteiger partial charge in [0.25, 0.3) is 0 Å². The summed E-state index contributed by atoms with van der Waals surface area (Å²) in [6.45, 7) is -0.0430. The standard InChI is InChI=1S/C13H10FNO3/c14-11-4-2-1-3-9(11)8-18-12-7-15-6-5-10(12)13(16)17/h1-7H,8H2,(H,16,17). The molecular weight excluding hydrogens is 237 g/mol. The minimum absolute atomic E-state index is 0.00124. The summed E-state index contributed by atoms with van der Waals surface area (Å²) in [5, 5.41) is 8.94. The van der Waals surface area contributed by atoms with E-state index in [-0.39, 0.29) is 17.9 Å². The van der Waals surface area contributed by atoms with Gasteiger partial charge in [0.1, 0.15) is 18.0 Å². The van der Waals surface area contributed by atoms with Crippen molar-refractivity contribution in [1.29, 1.82) is 0 Å². The van der Waals surface area contributed by atoms with Crippen molar-refractivity contribution in [2.45, 2.75) is 6.61 Å². The van der Waals surface area contributed by atoms with E-state index in [1.807, 2.05) is 0 Å². The van der Waals surface area contributed by atoms with Gasteiger partial charge in [-0.05, 0) is 12.1 Å². The maximum absolute atomic E-state index is 13.3. The van der Waals surface area contributed by atoms with Gasteiger partial charge in [0.2, 0.25) is 0 Å². The van der Waals surface area contributed by atoms with Gasteiger partial charge in [-0.2, -0.15) is 0 Å². The molecule has 0 unspecified atom stereocenters. The number of aromatic nitrogens is 1. The van der Waals surface area contributed by atoms with Crippen molar-refractivity contribution in [1.82, 2.24) is 4.98 Å². The molecule has 0 saturated carbocycles. The maximum atomic E-state index is 13.3. The zero-order valence-corrected chi connectivity index (χ0v) is 9.34. The van der Waals surface area contributed by atoms with E-state index in [4.69, 9.17) is 9.84 Å². The molecule has 1 aromatic heterocycles. The number of nitrogens with zero attached hydrogens (tertiary/aromatic N) is 1. The Hall–Kier alpha value is -2.43. The molecule has 92 valence electrons. The molecule has 0 aliphatic heterocycles. The van der Waals surface area contributed by atoms with Crippen molar-refractivity contribution in [2.24, 2.45) is 0 Å². The number of pyridine rings is 1. The second-order valence-electron chi connectivity index (χ2n) is 3.56. The van der Waals surface area contributed by atoms with E-state index in [9.17, 15) is 9.18 Å². The molecule has 0 amide bonds. The average molecular weight is 247 g/mol. The molecule has 5 heteroatoms. The first-order chi connectivity index (χ1) is 8.68. The minimum atomic E-state index is -1.11. The van der Waals surface area contributed by atoms with E-state index in [1.165, 1.54) is 24.5 Å². The highest BCUT2D eigenvalue weighted by molar-refractivity contribution is 5.90. The van der Waals surface area contributed by atoms with Crippen LogP contribution in [-0.2, 0) is 6.61 Å². The van der Waals surface area contributed by atoms with Gasteiger partial charge < -0.3 is 9.84 Å². The fourth-order valence-corrected chi connectivity index (χ4v) is 1.44. The highest BCUT2D eigenvalue weighted by Crippen LogP contribution is 2.18. The summed E-state index contributed by atoms with van der Waals surface area (Å²) in [4.78, 5) is 14.7. The quantitative estimate of drug-likeness (QED) is 0.901. The Balaban J connectivity index is 2.16. The number of carbonyl (C=O) groups is 1. The highest BCUT2D eigenvalue weighted by Gasteiger charge is 2.11. The zero-order valence-electron chi connectivity index (χ0n) is 9.34. The first kappa shape index (κ1) is 12.0. The summed E-state index contributed by atoms with van der Waals surface area (Å²) in [6, 6.07) is 7.49. The highest BCUT2D eigenvalue weighted by atomic mass is 19.1. The number of ether oxygens (including phenoxy) is 1. The summed E-state index contributed by atoms with van der Waals surface area (Å²) in [7, 11) is 0. The van der Waals surface area contributed by atoms with Crippen LogP contribution in [0.4, 0.5) is 4.39 Å². The third kappa shape index (κ3) is 2.63. The van der Waals surface area contributed by atoms with Crippen LogP contribution in [0.15, 0.2) is 42.7 Å². The van der Waals surface area contributed by atoms with Crippen LogP contribution in [0, 0.1) is 5.82 Å². The molecule has 1 aromatic carbocycles. The molecule has 0 aliphatic rings. The van der Waals surface area contributed by atoms with Crippen molar-refractivity contribution in [3.8, 4) is 5.75 Å². The Morgan fingerprint density at radius 1 is 1.33 bits per heavy atom. The SMILES string of the molecule is O=C(O)c1ccncc1OCc1ccccc1F. The third-order valence-electron chi connectivity index (χ3n) is 2.36. The van der Waals surface area contributed by atoms with Crippen LogP contribution in [0.1, 0.15) is 15.9 Å². The van der Waals surface area contributed by atoms with Crippen LogP contribution in [0.2, 0.25) is 0 Å². The first-order valence-electron chi connectivity index (χ1n) is 5.22. The van der Waals surface area contributed by atoms with Gasteiger partial charge in [-0.3, -0.25) is 4.98 Å². The smallest absolute Gasteiger partial charge is 0.339 e. The number of aromatic carboxylic acids is 1. The van der Waals surface area contributed by atoms with Crippen LogP contribution in [-0.4, -0.2) is 16.1 Å². The Labute approximate surface area is 103 Å². The van der Waals surface area contributed by atoms with Crippen LogP contribution < -0.4 is 4.74 Å². The van der Waals surface area contributed by atoms with Gasteiger partial charge in [0.15, 0.2) is 5.75 Å². The summed E-state index contributed by atoms with van der Waals surface area (Å²) < 4.78 is 18.6. The van der Waals surface area contributed by atoms with Crippen molar-refractivity contribution in [2.75, 3.05) is 0 Å². The molecule has 0 bridgehead atoms. The molecule has 1 heterocycles. The predicted octanol–water partition coefficient (Wildman–Crippen LogP) is 2.50. The van der Waals surface area contributed by atoms with E-state index in [2.05, 4.69) is 4.98 Å². The van der Waals surface area contributed by atoms with Gasteiger partial charge in [-0.25, -0.2) is 9.18 Å². The topological polar surface area (TPSA) is 59.4 Å². The van der Waals surface area contributed by atoms with Gasteiger partial charge in [0, 0.05) is 11.8 Å². The molecule has 0 radical (unpaired) electrons. The Morgan fingerprint density at radius 2 is 2.11 bits per heavy atom. The largest absolute Gasteiger partial charge is 0.486 e. The molecule has 0 atom stereocenters. The summed E-state index contributed by atoms with van der Waals surface area (Å²) in [5.74, 6) is -1.38. The van der Waals surface area contributed by atoms with E-state index in [0.29, 0.717) is 5.56 Å². The molecule has 4 nitrogen and oxygen atoms in total. The maximum Gasteiger partial charge on any atom is 0.339 e. The van der Waals surface area contributed by atoms with Crippen molar-refractivity contribution in [3.05, 3.63) is 59.7 Å². The summed E-state index contributed by atoms with van der Waals surface area (Å²) >= 11 is 0.